The van der Waals surface area contributed by atoms with E-state index < -0.39 is 0 Å². The normalized spacial score (nSPS) is 15.4. The van der Waals surface area contributed by atoms with Crippen molar-refractivity contribution in [1.82, 2.24) is 4.90 Å². The van der Waals surface area contributed by atoms with Gasteiger partial charge < -0.3 is 0 Å². The number of hydrogen-bond acceptors (Lipinski definition) is 2. The lowest BCUT2D eigenvalue weighted by atomic mass is 9.96. The van der Waals surface area contributed by atoms with Gasteiger partial charge in [-0.1, -0.05) is 31.9 Å². The molecule has 0 aliphatic carbocycles. The average molecular weight is 245 g/mol. The molecule has 18 heavy (non-hydrogen) atoms. The maximum Gasteiger partial charge on any atom is 0.159 e. The first-order valence-corrected chi connectivity index (χ1v) is 7.06. The van der Waals surface area contributed by atoms with E-state index >= 15 is 0 Å². The van der Waals surface area contributed by atoms with Gasteiger partial charge in [-0.2, -0.15) is 0 Å². The van der Waals surface area contributed by atoms with Crippen molar-refractivity contribution in [2.45, 2.75) is 46.1 Å². The molecule has 98 valence electrons. The summed E-state index contributed by atoms with van der Waals surface area (Å²) in [5, 5.41) is 0. The van der Waals surface area contributed by atoms with Gasteiger partial charge >= 0.3 is 0 Å². The predicted octanol–water partition coefficient (Wildman–Crippen LogP) is 3.44. The fraction of sp³-hybridized carbons (Fsp3) is 0.562. The Labute approximate surface area is 110 Å². The van der Waals surface area contributed by atoms with Crippen LogP contribution in [0.15, 0.2) is 18.2 Å². The Balaban J connectivity index is 2.00. The van der Waals surface area contributed by atoms with Crippen LogP contribution in [0.4, 0.5) is 0 Å². The fourth-order valence-electron chi connectivity index (χ4n) is 2.61. The fourth-order valence-corrected chi connectivity index (χ4v) is 2.61. The zero-order valence-electron chi connectivity index (χ0n) is 11.5. The number of nitrogens with zero attached hydrogens (tertiary/aromatic N) is 1. The smallest absolute Gasteiger partial charge is 0.159 e. The third-order valence-electron chi connectivity index (χ3n) is 3.78. The number of unbranched alkanes of at least 4 members (excludes halogenated alkanes) is 2. The molecule has 2 nitrogen and oxygen atoms in total. The molecule has 2 heteroatoms. The number of benzene rings is 1. The lowest BCUT2D eigenvalue weighted by Crippen LogP contribution is -2.31. The van der Waals surface area contributed by atoms with E-state index in [-0.39, 0.29) is 5.78 Å². The van der Waals surface area contributed by atoms with Crippen LogP contribution in [-0.2, 0) is 13.0 Å². The molecular formula is C16H23NO. The standard InChI is InChI=1S/C16H23NO/c1-3-4-5-9-17-10-8-15-11-14(13(2)18)6-7-16(15)12-17/h6-7,11H,3-5,8-10,12H2,1-2H3. The molecule has 0 unspecified atom stereocenters. The lowest BCUT2D eigenvalue weighted by Gasteiger charge is -2.29. The van der Waals surface area contributed by atoms with Crippen LogP contribution in [0, 0.1) is 0 Å². The maximum absolute atomic E-state index is 11.4. The van der Waals surface area contributed by atoms with Crippen LogP contribution in [0.25, 0.3) is 0 Å². The van der Waals surface area contributed by atoms with Gasteiger partial charge in [0.2, 0.25) is 0 Å². The third-order valence-corrected chi connectivity index (χ3v) is 3.78. The molecule has 1 aliphatic rings. The van der Waals surface area contributed by atoms with Crippen LogP contribution >= 0.6 is 0 Å². The predicted molar refractivity (Wildman–Crippen MR) is 75.0 cm³/mol. The van der Waals surface area contributed by atoms with Crippen LogP contribution in [0.3, 0.4) is 0 Å². The quantitative estimate of drug-likeness (QED) is 0.585. The highest BCUT2D eigenvalue weighted by atomic mass is 16.1. The summed E-state index contributed by atoms with van der Waals surface area (Å²) >= 11 is 0. The summed E-state index contributed by atoms with van der Waals surface area (Å²) in [7, 11) is 0. The molecule has 0 aromatic heterocycles. The Kier molecular flexibility index (Phi) is 4.54. The van der Waals surface area contributed by atoms with Crippen molar-refractivity contribution in [3.05, 3.63) is 34.9 Å². The first-order valence-electron chi connectivity index (χ1n) is 7.06. The van der Waals surface area contributed by atoms with Gasteiger partial charge in [0.1, 0.15) is 0 Å². The first-order chi connectivity index (χ1) is 8.70. The Hall–Kier alpha value is -1.15. The SMILES string of the molecule is CCCCCN1CCc2cc(C(C)=O)ccc2C1. The minimum atomic E-state index is 0.170. The van der Waals surface area contributed by atoms with Crippen LogP contribution in [-0.4, -0.2) is 23.8 Å². The second-order valence-corrected chi connectivity index (χ2v) is 5.27. The van der Waals surface area contributed by atoms with Crippen LogP contribution in [0.5, 0.6) is 0 Å². The van der Waals surface area contributed by atoms with Gasteiger partial charge in [-0.05, 0) is 43.5 Å². The van der Waals surface area contributed by atoms with E-state index in [1.165, 1.54) is 36.9 Å². The Morgan fingerprint density at radius 3 is 2.83 bits per heavy atom. The lowest BCUT2D eigenvalue weighted by molar-refractivity contribution is 0.101. The summed E-state index contributed by atoms with van der Waals surface area (Å²) in [5.74, 6) is 0.170. The van der Waals surface area contributed by atoms with Crippen molar-refractivity contribution in [3.8, 4) is 0 Å². The van der Waals surface area contributed by atoms with E-state index in [0.29, 0.717) is 0 Å². The monoisotopic (exact) mass is 245 g/mol. The second-order valence-electron chi connectivity index (χ2n) is 5.27. The van der Waals surface area contributed by atoms with E-state index in [1.807, 2.05) is 6.07 Å². The number of carbonyl (C=O) groups is 1. The summed E-state index contributed by atoms with van der Waals surface area (Å²) in [5.41, 5.74) is 3.63. The molecular weight excluding hydrogens is 222 g/mol. The van der Waals surface area contributed by atoms with Gasteiger partial charge in [-0.15, -0.1) is 0 Å². The molecule has 0 N–H and O–H groups in total. The number of hydrogen-bond donors (Lipinski definition) is 0. The van der Waals surface area contributed by atoms with E-state index in [0.717, 1.165) is 25.1 Å². The highest BCUT2D eigenvalue weighted by Gasteiger charge is 2.16. The van der Waals surface area contributed by atoms with E-state index in [9.17, 15) is 4.79 Å². The van der Waals surface area contributed by atoms with E-state index in [4.69, 9.17) is 0 Å². The molecule has 0 fully saturated rings. The Bertz CT molecular complexity index is 425. The average Bonchev–Trinajstić information content (AvgIpc) is 2.38. The van der Waals surface area contributed by atoms with Crippen LogP contribution in [0.1, 0.15) is 54.6 Å². The molecule has 1 heterocycles. The molecule has 0 amide bonds. The van der Waals surface area contributed by atoms with E-state index in [1.54, 1.807) is 6.92 Å². The highest BCUT2D eigenvalue weighted by Crippen LogP contribution is 2.21. The summed E-state index contributed by atoms with van der Waals surface area (Å²) in [6.45, 7) is 7.29. The largest absolute Gasteiger partial charge is 0.299 e. The summed E-state index contributed by atoms with van der Waals surface area (Å²) in [6.07, 6.45) is 5.00. The molecule has 1 aliphatic heterocycles. The molecule has 0 bridgehead atoms. The van der Waals surface area contributed by atoms with Gasteiger partial charge in [0.05, 0.1) is 0 Å². The van der Waals surface area contributed by atoms with Gasteiger partial charge in [0.25, 0.3) is 0 Å². The van der Waals surface area contributed by atoms with Crippen molar-refractivity contribution >= 4 is 5.78 Å². The maximum atomic E-state index is 11.4. The zero-order valence-corrected chi connectivity index (χ0v) is 11.5. The van der Waals surface area contributed by atoms with Gasteiger partial charge in [0.15, 0.2) is 5.78 Å². The van der Waals surface area contributed by atoms with Crippen molar-refractivity contribution in [3.63, 3.8) is 0 Å². The zero-order chi connectivity index (χ0) is 13.0. The highest BCUT2D eigenvalue weighted by molar-refractivity contribution is 5.94. The van der Waals surface area contributed by atoms with Crippen molar-refractivity contribution in [2.24, 2.45) is 0 Å². The minimum absolute atomic E-state index is 0.170. The summed E-state index contributed by atoms with van der Waals surface area (Å²) in [4.78, 5) is 13.9. The van der Waals surface area contributed by atoms with Crippen molar-refractivity contribution < 1.29 is 4.79 Å². The number of carbonyl (C=O) groups excluding carboxylic acids is 1. The van der Waals surface area contributed by atoms with Gasteiger partial charge in [0, 0.05) is 18.7 Å². The Morgan fingerprint density at radius 2 is 2.11 bits per heavy atom. The molecule has 0 radical (unpaired) electrons. The molecule has 1 aromatic rings. The van der Waals surface area contributed by atoms with Crippen LogP contribution in [0.2, 0.25) is 0 Å². The Morgan fingerprint density at radius 1 is 1.28 bits per heavy atom. The minimum Gasteiger partial charge on any atom is -0.299 e. The first kappa shape index (κ1) is 13.3. The topological polar surface area (TPSA) is 20.3 Å². The summed E-state index contributed by atoms with van der Waals surface area (Å²) in [6, 6.07) is 6.19. The van der Waals surface area contributed by atoms with Crippen molar-refractivity contribution in [1.29, 1.82) is 0 Å². The molecule has 1 aromatic carbocycles. The van der Waals surface area contributed by atoms with Gasteiger partial charge in [-0.3, -0.25) is 9.69 Å². The van der Waals surface area contributed by atoms with Crippen LogP contribution < -0.4 is 0 Å². The number of rotatable bonds is 5. The number of ketones is 1. The van der Waals surface area contributed by atoms with Crippen molar-refractivity contribution in [2.75, 3.05) is 13.1 Å². The molecule has 0 spiro atoms. The second kappa shape index (κ2) is 6.14. The molecule has 0 saturated carbocycles. The molecule has 0 atom stereocenters. The number of fused-ring (bicyclic) bond motifs is 1. The number of Topliss-reactive ketones (excluding diaryl/α,β-unsaturated/α-hetero) is 1. The molecule has 2 rings (SSSR count). The van der Waals surface area contributed by atoms with E-state index in [2.05, 4.69) is 24.0 Å². The molecule has 0 saturated heterocycles. The van der Waals surface area contributed by atoms with Gasteiger partial charge in [-0.25, -0.2) is 0 Å². The summed E-state index contributed by atoms with van der Waals surface area (Å²) < 4.78 is 0. The third kappa shape index (κ3) is 3.20.